The minimum atomic E-state index is -0.218. The third-order valence-electron chi connectivity index (χ3n) is 3.56. The van der Waals surface area contributed by atoms with Crippen LogP contribution < -0.4 is 10.2 Å². The van der Waals surface area contributed by atoms with Crippen molar-refractivity contribution in [3.05, 3.63) is 11.3 Å². The van der Waals surface area contributed by atoms with E-state index in [9.17, 15) is 5.11 Å². The second-order valence-corrected chi connectivity index (χ2v) is 5.07. The molecule has 108 valence electrons. The number of hydrogen-bond acceptors (Lipinski definition) is 5. The van der Waals surface area contributed by atoms with Crippen molar-refractivity contribution in [2.75, 3.05) is 38.3 Å². The molecule has 1 fully saturated rings. The van der Waals surface area contributed by atoms with Crippen LogP contribution in [0.1, 0.15) is 17.7 Å². The van der Waals surface area contributed by atoms with Gasteiger partial charge in [0, 0.05) is 45.9 Å². The van der Waals surface area contributed by atoms with E-state index in [0.717, 1.165) is 37.6 Å². The van der Waals surface area contributed by atoms with Gasteiger partial charge in [0.05, 0.1) is 18.4 Å². The van der Waals surface area contributed by atoms with Gasteiger partial charge in [-0.3, -0.25) is 4.68 Å². The zero-order valence-electron chi connectivity index (χ0n) is 12.0. The topological polar surface area (TPSA) is 62.5 Å². The SMILES string of the molecule is COCCNCc1c(C)nn(C)c1N1CCC(O)C1. The molecule has 1 atom stereocenters. The molecule has 1 aromatic rings. The minimum Gasteiger partial charge on any atom is -0.391 e. The molecule has 0 aromatic carbocycles. The highest BCUT2D eigenvalue weighted by atomic mass is 16.5. The number of ether oxygens (including phenoxy) is 1. The van der Waals surface area contributed by atoms with Crippen molar-refractivity contribution in [2.24, 2.45) is 7.05 Å². The van der Waals surface area contributed by atoms with Crippen molar-refractivity contribution in [3.63, 3.8) is 0 Å². The lowest BCUT2D eigenvalue weighted by atomic mass is 10.2. The minimum absolute atomic E-state index is 0.218. The van der Waals surface area contributed by atoms with Crippen LogP contribution in [0.15, 0.2) is 0 Å². The van der Waals surface area contributed by atoms with Crippen molar-refractivity contribution in [1.82, 2.24) is 15.1 Å². The zero-order chi connectivity index (χ0) is 13.8. The van der Waals surface area contributed by atoms with E-state index < -0.39 is 0 Å². The third-order valence-corrected chi connectivity index (χ3v) is 3.56. The van der Waals surface area contributed by atoms with E-state index in [1.165, 1.54) is 5.56 Å². The Morgan fingerprint density at radius 2 is 2.32 bits per heavy atom. The lowest BCUT2D eigenvalue weighted by Gasteiger charge is -2.20. The average Bonchev–Trinajstić information content (AvgIpc) is 2.89. The van der Waals surface area contributed by atoms with Crippen LogP contribution in [-0.2, 0) is 18.3 Å². The number of anilines is 1. The zero-order valence-corrected chi connectivity index (χ0v) is 12.0. The van der Waals surface area contributed by atoms with Crippen molar-refractivity contribution in [3.8, 4) is 0 Å². The van der Waals surface area contributed by atoms with E-state index in [-0.39, 0.29) is 6.10 Å². The van der Waals surface area contributed by atoms with Crippen LogP contribution >= 0.6 is 0 Å². The Hall–Kier alpha value is -1.11. The molecule has 1 aliphatic rings. The first kappa shape index (κ1) is 14.3. The summed E-state index contributed by atoms with van der Waals surface area (Å²) in [7, 11) is 3.67. The molecule has 0 aliphatic carbocycles. The van der Waals surface area contributed by atoms with Gasteiger partial charge in [-0.25, -0.2) is 0 Å². The average molecular weight is 268 g/mol. The Balaban J connectivity index is 2.08. The predicted molar refractivity (Wildman–Crippen MR) is 74.4 cm³/mol. The van der Waals surface area contributed by atoms with Gasteiger partial charge >= 0.3 is 0 Å². The summed E-state index contributed by atoms with van der Waals surface area (Å²) in [4.78, 5) is 2.22. The largest absolute Gasteiger partial charge is 0.391 e. The summed E-state index contributed by atoms with van der Waals surface area (Å²) in [6.45, 7) is 5.94. The Kier molecular flexibility index (Phi) is 4.79. The number of aromatic nitrogens is 2. The number of methoxy groups -OCH3 is 1. The number of hydrogen-bond donors (Lipinski definition) is 2. The summed E-state index contributed by atoms with van der Waals surface area (Å²) in [6.07, 6.45) is 0.616. The molecule has 2 rings (SSSR count). The molecule has 1 saturated heterocycles. The van der Waals surface area contributed by atoms with E-state index in [1.807, 2.05) is 18.7 Å². The van der Waals surface area contributed by atoms with Gasteiger partial charge in [0.15, 0.2) is 0 Å². The second-order valence-electron chi connectivity index (χ2n) is 5.07. The molecule has 2 N–H and O–H groups in total. The van der Waals surface area contributed by atoms with Crippen molar-refractivity contribution in [1.29, 1.82) is 0 Å². The van der Waals surface area contributed by atoms with Crippen LogP contribution in [0.2, 0.25) is 0 Å². The number of rotatable bonds is 6. The Bertz CT molecular complexity index is 419. The number of aliphatic hydroxyl groups is 1. The fourth-order valence-electron chi connectivity index (χ4n) is 2.61. The van der Waals surface area contributed by atoms with Crippen LogP contribution in [-0.4, -0.2) is 54.3 Å². The van der Waals surface area contributed by atoms with Gasteiger partial charge in [-0.05, 0) is 13.3 Å². The van der Waals surface area contributed by atoms with Gasteiger partial charge in [0.2, 0.25) is 0 Å². The monoisotopic (exact) mass is 268 g/mol. The first-order valence-corrected chi connectivity index (χ1v) is 6.78. The molecule has 6 nitrogen and oxygen atoms in total. The number of β-amino-alcohol motifs (C(OH)–C–C–N with tert-alkyl or cyclic N) is 1. The fourth-order valence-corrected chi connectivity index (χ4v) is 2.61. The van der Waals surface area contributed by atoms with Crippen LogP contribution in [0.4, 0.5) is 5.82 Å². The summed E-state index contributed by atoms with van der Waals surface area (Å²) >= 11 is 0. The van der Waals surface area contributed by atoms with E-state index in [0.29, 0.717) is 13.2 Å². The summed E-state index contributed by atoms with van der Waals surface area (Å²) in [5.74, 6) is 1.12. The number of nitrogens with zero attached hydrogens (tertiary/aromatic N) is 3. The molecule has 19 heavy (non-hydrogen) atoms. The maximum absolute atomic E-state index is 9.69. The molecular formula is C13H24N4O2. The summed E-state index contributed by atoms with van der Waals surface area (Å²) in [6, 6.07) is 0. The maximum atomic E-state index is 9.69. The first-order chi connectivity index (χ1) is 9.13. The lowest BCUT2D eigenvalue weighted by molar-refractivity contribution is 0.198. The van der Waals surface area contributed by atoms with Crippen LogP contribution in [0.25, 0.3) is 0 Å². The highest BCUT2D eigenvalue weighted by Crippen LogP contribution is 2.26. The van der Waals surface area contributed by atoms with Gasteiger partial charge in [-0.2, -0.15) is 5.10 Å². The molecule has 0 saturated carbocycles. The molecule has 6 heteroatoms. The Morgan fingerprint density at radius 1 is 1.53 bits per heavy atom. The standard InChI is InChI=1S/C13H24N4O2/c1-10-12(8-14-5-7-19-3)13(16(2)15-10)17-6-4-11(18)9-17/h11,14,18H,4-9H2,1-3H3. The summed E-state index contributed by atoms with van der Waals surface area (Å²) < 4.78 is 6.95. The first-order valence-electron chi connectivity index (χ1n) is 6.78. The van der Waals surface area contributed by atoms with E-state index >= 15 is 0 Å². The van der Waals surface area contributed by atoms with Gasteiger partial charge in [-0.1, -0.05) is 0 Å². The maximum Gasteiger partial charge on any atom is 0.131 e. The van der Waals surface area contributed by atoms with Crippen LogP contribution in [0.5, 0.6) is 0 Å². The fraction of sp³-hybridized carbons (Fsp3) is 0.769. The molecule has 0 spiro atoms. The quantitative estimate of drug-likeness (QED) is 0.713. The predicted octanol–water partition coefficient (Wildman–Crippen LogP) is 0.0355. The second kappa shape index (κ2) is 6.36. The Morgan fingerprint density at radius 3 is 2.95 bits per heavy atom. The van der Waals surface area contributed by atoms with E-state index in [1.54, 1.807) is 7.11 Å². The summed E-state index contributed by atoms with van der Waals surface area (Å²) in [5.41, 5.74) is 2.26. The Labute approximate surface area is 114 Å². The highest BCUT2D eigenvalue weighted by Gasteiger charge is 2.26. The molecule has 1 aliphatic heterocycles. The molecule has 1 aromatic heterocycles. The molecule has 2 heterocycles. The van der Waals surface area contributed by atoms with Crippen LogP contribution in [0.3, 0.4) is 0 Å². The summed E-state index contributed by atoms with van der Waals surface area (Å²) in [5, 5.41) is 17.6. The van der Waals surface area contributed by atoms with Crippen molar-refractivity contribution in [2.45, 2.75) is 26.0 Å². The third kappa shape index (κ3) is 3.26. The molecule has 1 unspecified atom stereocenters. The van der Waals surface area contributed by atoms with Gasteiger partial charge in [-0.15, -0.1) is 0 Å². The van der Waals surface area contributed by atoms with Crippen LogP contribution in [0, 0.1) is 6.92 Å². The van der Waals surface area contributed by atoms with Crippen molar-refractivity contribution >= 4 is 5.82 Å². The molecule has 0 amide bonds. The lowest BCUT2D eigenvalue weighted by Crippen LogP contribution is -2.26. The van der Waals surface area contributed by atoms with Gasteiger partial charge in [0.1, 0.15) is 5.82 Å². The number of aliphatic hydroxyl groups excluding tert-OH is 1. The van der Waals surface area contributed by atoms with Gasteiger partial charge < -0.3 is 20.1 Å². The molecule has 0 bridgehead atoms. The van der Waals surface area contributed by atoms with Crippen molar-refractivity contribution < 1.29 is 9.84 Å². The molecular weight excluding hydrogens is 244 g/mol. The van der Waals surface area contributed by atoms with Gasteiger partial charge in [0.25, 0.3) is 0 Å². The van der Waals surface area contributed by atoms with E-state index in [4.69, 9.17) is 4.74 Å². The molecule has 0 radical (unpaired) electrons. The van der Waals surface area contributed by atoms with E-state index in [2.05, 4.69) is 15.3 Å². The highest BCUT2D eigenvalue weighted by molar-refractivity contribution is 5.51. The number of aryl methyl sites for hydroxylation is 2. The normalized spacial score (nSPS) is 19.4. The smallest absolute Gasteiger partial charge is 0.131 e. The number of nitrogens with one attached hydrogen (secondary N) is 1.